The third-order valence-corrected chi connectivity index (χ3v) is 4.27. The van der Waals surface area contributed by atoms with Crippen LogP contribution in [0.5, 0.6) is 0 Å². The average Bonchev–Trinajstić information content (AvgIpc) is 3.29. The van der Waals surface area contributed by atoms with E-state index in [9.17, 15) is 40.6 Å². The molecule has 0 unspecified atom stereocenters. The van der Waals surface area contributed by atoms with Crippen LogP contribution in [0.2, 0.25) is 0 Å². The van der Waals surface area contributed by atoms with Gasteiger partial charge in [-0.1, -0.05) is 30.3 Å². The normalized spacial score (nSPS) is 20.7. The number of amides is 1. The number of carbonyl (C=O) groups excluding carboxylic acids is 1. The average molecular weight is 424 g/mol. The van der Waals surface area contributed by atoms with E-state index < -0.39 is 52.6 Å². The predicted octanol–water partition coefficient (Wildman–Crippen LogP) is 4.05. The number of alkyl halides is 7. The van der Waals surface area contributed by atoms with Crippen molar-refractivity contribution in [1.82, 2.24) is 5.01 Å². The topological polar surface area (TPSA) is 66.0 Å². The van der Waals surface area contributed by atoms with Crippen molar-refractivity contribution < 1.29 is 45.1 Å². The van der Waals surface area contributed by atoms with Gasteiger partial charge in [0.15, 0.2) is 5.76 Å². The number of rotatable bonds is 4. The number of hydrazone groups is 1. The summed E-state index contributed by atoms with van der Waals surface area (Å²) in [5, 5.41) is 13.3. The minimum atomic E-state index is -6.71. The second-order valence-corrected chi connectivity index (χ2v) is 6.15. The van der Waals surface area contributed by atoms with E-state index >= 15 is 0 Å². The first kappa shape index (κ1) is 20.8. The first-order valence-electron chi connectivity index (χ1n) is 7.88. The summed E-state index contributed by atoms with van der Waals surface area (Å²) in [6, 6.07) is 9.02. The Labute approximate surface area is 158 Å². The number of hydrogen-bond donors (Lipinski definition) is 1. The predicted molar refractivity (Wildman–Crippen MR) is 83.4 cm³/mol. The highest BCUT2D eigenvalue weighted by Gasteiger charge is 2.82. The Morgan fingerprint density at radius 1 is 1.03 bits per heavy atom. The molecule has 1 aromatic carbocycles. The lowest BCUT2D eigenvalue weighted by molar-refractivity contribution is -0.400. The van der Waals surface area contributed by atoms with Gasteiger partial charge in [-0.3, -0.25) is 4.79 Å². The molecule has 0 saturated carbocycles. The van der Waals surface area contributed by atoms with Crippen molar-refractivity contribution in [2.45, 2.75) is 30.2 Å². The number of nitrogens with zero attached hydrogens (tertiary/aromatic N) is 2. The molecule has 1 atom stereocenters. The fourth-order valence-corrected chi connectivity index (χ4v) is 2.73. The van der Waals surface area contributed by atoms with Crippen LogP contribution in [0.1, 0.15) is 22.5 Å². The zero-order valence-corrected chi connectivity index (χ0v) is 14.1. The van der Waals surface area contributed by atoms with Crippen LogP contribution in [0.15, 0.2) is 58.2 Å². The Morgan fingerprint density at radius 2 is 1.66 bits per heavy atom. The first-order chi connectivity index (χ1) is 13.3. The molecule has 0 bridgehead atoms. The monoisotopic (exact) mass is 424 g/mol. The maximum absolute atomic E-state index is 14.5. The number of aliphatic hydroxyl groups is 1. The third-order valence-electron chi connectivity index (χ3n) is 4.27. The molecule has 0 radical (unpaired) electrons. The summed E-state index contributed by atoms with van der Waals surface area (Å²) >= 11 is 0. The third kappa shape index (κ3) is 3.07. The fourth-order valence-electron chi connectivity index (χ4n) is 2.73. The van der Waals surface area contributed by atoms with Crippen LogP contribution in [0.4, 0.5) is 30.7 Å². The Bertz CT molecular complexity index is 926. The summed E-state index contributed by atoms with van der Waals surface area (Å²) in [7, 11) is 0. The second kappa shape index (κ2) is 6.58. The molecular formula is C17H11F7N2O3. The van der Waals surface area contributed by atoms with Crippen molar-refractivity contribution in [3.8, 4) is 0 Å². The van der Waals surface area contributed by atoms with Crippen molar-refractivity contribution in [2.75, 3.05) is 0 Å². The summed E-state index contributed by atoms with van der Waals surface area (Å²) in [6.07, 6.45) is -7.25. The van der Waals surface area contributed by atoms with Gasteiger partial charge in [0.25, 0.3) is 0 Å². The van der Waals surface area contributed by atoms with E-state index in [2.05, 4.69) is 9.52 Å². The smallest absolute Gasteiger partial charge is 0.459 e. The van der Waals surface area contributed by atoms with Gasteiger partial charge in [-0.25, -0.2) is 0 Å². The molecule has 0 saturated heterocycles. The van der Waals surface area contributed by atoms with E-state index in [1.165, 1.54) is 30.3 Å². The maximum atomic E-state index is 14.5. The van der Waals surface area contributed by atoms with Crippen molar-refractivity contribution in [2.24, 2.45) is 5.10 Å². The van der Waals surface area contributed by atoms with E-state index in [4.69, 9.17) is 0 Å². The van der Waals surface area contributed by atoms with Crippen molar-refractivity contribution in [1.29, 1.82) is 0 Å². The van der Waals surface area contributed by atoms with E-state index in [0.717, 1.165) is 18.4 Å². The number of hydrogen-bond acceptors (Lipinski definition) is 4. The fraction of sp³-hybridized carbons (Fsp3) is 0.294. The van der Waals surface area contributed by atoms with Crippen LogP contribution >= 0.6 is 0 Å². The van der Waals surface area contributed by atoms with Gasteiger partial charge < -0.3 is 9.52 Å². The molecule has 1 aliphatic heterocycles. The second-order valence-electron chi connectivity index (χ2n) is 6.15. The molecule has 1 N–H and O–H groups in total. The quantitative estimate of drug-likeness (QED) is 0.754. The number of carbonyl (C=O) groups is 1. The van der Waals surface area contributed by atoms with Gasteiger partial charge in [0, 0.05) is 6.42 Å². The van der Waals surface area contributed by atoms with Crippen LogP contribution in [0.25, 0.3) is 0 Å². The summed E-state index contributed by atoms with van der Waals surface area (Å²) < 4.78 is 99.1. The molecule has 1 aromatic heterocycles. The highest BCUT2D eigenvalue weighted by molar-refractivity contribution is 6.05. The van der Waals surface area contributed by atoms with Crippen LogP contribution < -0.4 is 0 Å². The number of furan rings is 1. The molecule has 0 spiro atoms. The van der Waals surface area contributed by atoms with Crippen LogP contribution in [0, 0.1) is 0 Å². The van der Waals surface area contributed by atoms with Gasteiger partial charge >= 0.3 is 23.9 Å². The molecule has 1 aliphatic rings. The van der Waals surface area contributed by atoms with E-state index in [1.54, 1.807) is 0 Å². The van der Waals surface area contributed by atoms with Gasteiger partial charge in [-0.05, 0) is 17.7 Å². The van der Waals surface area contributed by atoms with Crippen molar-refractivity contribution >= 4 is 11.6 Å². The summed E-state index contributed by atoms with van der Waals surface area (Å²) in [5.41, 5.74) is -4.78. The molecule has 3 rings (SSSR count). The number of halogens is 7. The molecule has 1 amide bonds. The van der Waals surface area contributed by atoms with Crippen LogP contribution in [0.3, 0.4) is 0 Å². The summed E-state index contributed by atoms with van der Waals surface area (Å²) in [4.78, 5) is 12.4. The van der Waals surface area contributed by atoms with Crippen LogP contribution in [-0.4, -0.2) is 45.5 Å². The SMILES string of the molecule is O=C(c1ccco1)N1N=C(c2ccccc2)C[C@]1(O)C(F)(F)C(F)(F)C(F)(F)F. The molecule has 0 aliphatic carbocycles. The van der Waals surface area contributed by atoms with E-state index in [1.807, 2.05) is 0 Å². The highest BCUT2D eigenvalue weighted by atomic mass is 19.4. The first-order valence-corrected chi connectivity index (χ1v) is 7.88. The van der Waals surface area contributed by atoms with Gasteiger partial charge in [0.05, 0.1) is 12.0 Å². The Kier molecular flexibility index (Phi) is 4.72. The summed E-state index contributed by atoms with van der Waals surface area (Å²) in [6.45, 7) is 0. The minimum Gasteiger partial charge on any atom is -0.459 e. The standard InChI is InChI=1S/C17H11F7N2O3/c18-15(19,16(20,21)17(22,23)24)14(28)9-11(10-5-2-1-3-6-10)25-26(14)13(27)12-7-4-8-29-12/h1-8,28H,9H2/t14-/m0/s1. The molecule has 0 fully saturated rings. The molecule has 5 nitrogen and oxygen atoms in total. The van der Waals surface area contributed by atoms with Gasteiger partial charge in [-0.2, -0.15) is 40.8 Å². The van der Waals surface area contributed by atoms with E-state index in [-0.39, 0.29) is 5.56 Å². The Hall–Kier alpha value is -2.89. The zero-order valence-electron chi connectivity index (χ0n) is 14.1. The largest absolute Gasteiger partial charge is 0.460 e. The molecule has 29 heavy (non-hydrogen) atoms. The Balaban J connectivity index is 2.14. The highest BCUT2D eigenvalue weighted by Crippen LogP contribution is 2.54. The van der Waals surface area contributed by atoms with E-state index in [0.29, 0.717) is 0 Å². The van der Waals surface area contributed by atoms with Crippen LogP contribution in [-0.2, 0) is 0 Å². The van der Waals surface area contributed by atoms with Gasteiger partial charge in [0.1, 0.15) is 0 Å². The van der Waals surface area contributed by atoms with Crippen molar-refractivity contribution in [3.63, 3.8) is 0 Å². The van der Waals surface area contributed by atoms with Gasteiger partial charge in [-0.15, -0.1) is 0 Å². The molecule has 12 heteroatoms. The molecule has 156 valence electrons. The number of benzene rings is 1. The van der Waals surface area contributed by atoms with Crippen molar-refractivity contribution in [3.05, 3.63) is 60.1 Å². The molecule has 2 heterocycles. The van der Waals surface area contributed by atoms with Gasteiger partial charge in [0.2, 0.25) is 5.72 Å². The summed E-state index contributed by atoms with van der Waals surface area (Å²) in [5.74, 6) is -15.1. The lowest BCUT2D eigenvalue weighted by Gasteiger charge is -2.40. The molecular weight excluding hydrogens is 413 g/mol. The lowest BCUT2D eigenvalue weighted by Crippen LogP contribution is -2.69. The molecule has 2 aromatic rings. The lowest BCUT2D eigenvalue weighted by atomic mass is 9.91. The zero-order chi connectivity index (χ0) is 21.7. The minimum absolute atomic E-state index is 0.0341. The Morgan fingerprint density at radius 3 is 2.17 bits per heavy atom. The maximum Gasteiger partial charge on any atom is 0.460 e.